The monoisotopic (exact) mass is 369 g/mol. The Hall–Kier alpha value is -4.03. The van der Waals surface area contributed by atoms with Crippen molar-refractivity contribution in [3.05, 3.63) is 66.4 Å². The minimum atomic E-state index is 0.371. The van der Waals surface area contributed by atoms with Crippen LogP contribution in [0, 0.1) is 11.3 Å². The van der Waals surface area contributed by atoms with E-state index in [0.717, 1.165) is 22.5 Å². The van der Waals surface area contributed by atoms with Crippen LogP contribution in [0.4, 0.5) is 11.6 Å². The molecule has 1 aliphatic heterocycles. The van der Waals surface area contributed by atoms with Crippen molar-refractivity contribution in [1.82, 2.24) is 29.7 Å². The number of rotatable bonds is 3. The molecule has 0 saturated carbocycles. The van der Waals surface area contributed by atoms with Gasteiger partial charge in [0.2, 0.25) is 0 Å². The van der Waals surface area contributed by atoms with Gasteiger partial charge in [-0.05, 0) is 35.9 Å². The molecule has 5 rings (SSSR count). The smallest absolute Gasteiger partial charge is 0.190 e. The maximum absolute atomic E-state index is 8.92. The minimum absolute atomic E-state index is 0.371. The van der Waals surface area contributed by atoms with E-state index in [1.807, 2.05) is 52.2 Å². The minimum Gasteiger partial charge on any atom is -0.282 e. The summed E-state index contributed by atoms with van der Waals surface area (Å²) in [6.45, 7) is 0.627. The standard InChI is InChI=1S/C19H15N9/c1-26-25-18-19(24-17(11-22-18)14-2-3-15(9-20)21-10-14)28(26)12-13-5-7-27-16(8-13)4-6-23-27/h2-8,10-11H,12H2,1H3,(H,22,25). The fraction of sp³-hybridized carbons (Fsp3) is 0.105. The zero-order chi connectivity index (χ0) is 19.1. The summed E-state index contributed by atoms with van der Waals surface area (Å²) in [4.78, 5) is 13.4. The Bertz CT molecular complexity index is 1210. The van der Waals surface area contributed by atoms with Crippen molar-refractivity contribution in [3.8, 4) is 17.3 Å². The lowest BCUT2D eigenvalue weighted by Crippen LogP contribution is -2.38. The zero-order valence-corrected chi connectivity index (χ0v) is 15.0. The van der Waals surface area contributed by atoms with Crippen molar-refractivity contribution in [3.63, 3.8) is 0 Å². The third kappa shape index (κ3) is 2.69. The van der Waals surface area contributed by atoms with Crippen LogP contribution >= 0.6 is 0 Å². The van der Waals surface area contributed by atoms with Gasteiger partial charge in [0.25, 0.3) is 0 Å². The van der Waals surface area contributed by atoms with Crippen LogP contribution < -0.4 is 10.4 Å². The maximum atomic E-state index is 8.92. The Morgan fingerprint density at radius 1 is 1.14 bits per heavy atom. The molecule has 0 aromatic carbocycles. The lowest BCUT2D eigenvalue weighted by Gasteiger charge is -2.24. The third-order valence-corrected chi connectivity index (χ3v) is 4.60. The molecule has 4 aromatic rings. The molecule has 5 heterocycles. The van der Waals surface area contributed by atoms with Crippen molar-refractivity contribution in [1.29, 1.82) is 5.26 Å². The third-order valence-electron chi connectivity index (χ3n) is 4.60. The largest absolute Gasteiger partial charge is 0.282 e. The van der Waals surface area contributed by atoms with Gasteiger partial charge >= 0.3 is 0 Å². The molecule has 4 aromatic heterocycles. The van der Waals surface area contributed by atoms with E-state index in [2.05, 4.69) is 26.6 Å². The number of nitrogens with one attached hydrogen (secondary N) is 1. The molecule has 0 spiro atoms. The van der Waals surface area contributed by atoms with E-state index in [1.54, 1.807) is 24.7 Å². The van der Waals surface area contributed by atoms with E-state index in [9.17, 15) is 0 Å². The number of fused-ring (bicyclic) bond motifs is 2. The topological polar surface area (TPSA) is 98.3 Å². The summed E-state index contributed by atoms with van der Waals surface area (Å²) >= 11 is 0. The van der Waals surface area contributed by atoms with E-state index < -0.39 is 0 Å². The van der Waals surface area contributed by atoms with Crippen LogP contribution in [0.1, 0.15) is 11.3 Å². The lowest BCUT2D eigenvalue weighted by atomic mass is 10.2. The fourth-order valence-electron chi connectivity index (χ4n) is 3.16. The van der Waals surface area contributed by atoms with Crippen LogP contribution in [0.5, 0.6) is 0 Å². The highest BCUT2D eigenvalue weighted by Crippen LogP contribution is 2.32. The zero-order valence-electron chi connectivity index (χ0n) is 15.0. The van der Waals surface area contributed by atoms with Gasteiger partial charge in [0.15, 0.2) is 11.6 Å². The summed E-state index contributed by atoms with van der Waals surface area (Å²) in [5, 5.41) is 17.0. The molecule has 0 bridgehead atoms. The summed E-state index contributed by atoms with van der Waals surface area (Å²) < 4.78 is 1.83. The highest BCUT2D eigenvalue weighted by atomic mass is 15.8. The van der Waals surface area contributed by atoms with E-state index in [-0.39, 0.29) is 0 Å². The highest BCUT2D eigenvalue weighted by Gasteiger charge is 2.27. The molecule has 9 nitrogen and oxygen atoms in total. The van der Waals surface area contributed by atoms with Gasteiger partial charge in [-0.1, -0.05) is 0 Å². The molecule has 0 unspecified atom stereocenters. The molecule has 0 saturated heterocycles. The number of nitriles is 1. The first-order valence-corrected chi connectivity index (χ1v) is 8.65. The first kappa shape index (κ1) is 16.2. The van der Waals surface area contributed by atoms with Crippen molar-refractivity contribution in [2.45, 2.75) is 6.54 Å². The van der Waals surface area contributed by atoms with Gasteiger partial charge in [-0.3, -0.25) is 10.4 Å². The van der Waals surface area contributed by atoms with Gasteiger partial charge in [0, 0.05) is 31.2 Å². The van der Waals surface area contributed by atoms with Gasteiger partial charge in [-0.2, -0.15) is 10.4 Å². The van der Waals surface area contributed by atoms with Crippen LogP contribution in [0.2, 0.25) is 0 Å². The Morgan fingerprint density at radius 3 is 2.89 bits per heavy atom. The average molecular weight is 369 g/mol. The van der Waals surface area contributed by atoms with Crippen LogP contribution in [0.25, 0.3) is 16.8 Å². The van der Waals surface area contributed by atoms with E-state index in [0.29, 0.717) is 23.8 Å². The number of anilines is 2. The number of hydrogen-bond donors (Lipinski definition) is 1. The molecule has 1 N–H and O–H groups in total. The number of hydrogen-bond acceptors (Lipinski definition) is 8. The Kier molecular flexibility index (Phi) is 3.63. The molecule has 9 heteroatoms. The SMILES string of the molecule is CN1Nc2ncc(-c3ccc(C#N)nc3)nc2N1Cc1ccn2nccc2c1. The molecule has 136 valence electrons. The molecular weight excluding hydrogens is 354 g/mol. The van der Waals surface area contributed by atoms with Crippen LogP contribution in [-0.4, -0.2) is 36.7 Å². The summed E-state index contributed by atoms with van der Waals surface area (Å²) in [5.74, 6) is 1.43. The molecule has 0 aliphatic carbocycles. The Labute approximate surface area is 160 Å². The maximum Gasteiger partial charge on any atom is 0.190 e. The van der Waals surface area contributed by atoms with Crippen molar-refractivity contribution >= 4 is 17.2 Å². The van der Waals surface area contributed by atoms with Crippen molar-refractivity contribution in [2.24, 2.45) is 0 Å². The van der Waals surface area contributed by atoms with Crippen LogP contribution in [0.3, 0.4) is 0 Å². The Balaban J connectivity index is 1.48. The second kappa shape index (κ2) is 6.29. The second-order valence-electron chi connectivity index (χ2n) is 6.40. The van der Waals surface area contributed by atoms with Gasteiger partial charge < -0.3 is 0 Å². The predicted molar refractivity (Wildman–Crippen MR) is 103 cm³/mol. The molecule has 1 aliphatic rings. The summed E-state index contributed by atoms with van der Waals surface area (Å²) in [5.41, 5.74) is 7.25. The summed E-state index contributed by atoms with van der Waals surface area (Å²) in [6.07, 6.45) is 7.06. The quantitative estimate of drug-likeness (QED) is 0.587. The van der Waals surface area contributed by atoms with Gasteiger partial charge in [0.05, 0.1) is 24.0 Å². The van der Waals surface area contributed by atoms with Crippen molar-refractivity contribution < 1.29 is 0 Å². The highest BCUT2D eigenvalue weighted by molar-refractivity contribution is 5.69. The molecule has 0 amide bonds. The first-order valence-electron chi connectivity index (χ1n) is 8.65. The van der Waals surface area contributed by atoms with E-state index in [1.165, 1.54) is 0 Å². The van der Waals surface area contributed by atoms with Crippen molar-refractivity contribution in [2.75, 3.05) is 17.5 Å². The van der Waals surface area contributed by atoms with Crippen LogP contribution in [0.15, 0.2) is 55.1 Å². The van der Waals surface area contributed by atoms with E-state index >= 15 is 0 Å². The van der Waals surface area contributed by atoms with Crippen LogP contribution in [-0.2, 0) is 6.54 Å². The molecule has 0 atom stereocenters. The lowest BCUT2D eigenvalue weighted by molar-refractivity contribution is 0.378. The first-order chi connectivity index (χ1) is 13.7. The van der Waals surface area contributed by atoms with Gasteiger partial charge in [-0.15, -0.1) is 5.12 Å². The van der Waals surface area contributed by atoms with Gasteiger partial charge in [0.1, 0.15) is 11.8 Å². The number of nitrogens with zero attached hydrogens (tertiary/aromatic N) is 8. The predicted octanol–water partition coefficient (Wildman–Crippen LogP) is 2.25. The number of pyridine rings is 2. The van der Waals surface area contributed by atoms with E-state index in [4.69, 9.17) is 10.2 Å². The molecule has 0 radical (unpaired) electrons. The van der Waals surface area contributed by atoms with Gasteiger partial charge in [-0.25, -0.2) is 19.5 Å². The normalized spacial score (nSPS) is 13.4. The fourth-order valence-corrected chi connectivity index (χ4v) is 3.16. The molecular formula is C19H15N9. The Morgan fingerprint density at radius 2 is 2.07 bits per heavy atom. The molecule has 28 heavy (non-hydrogen) atoms. The summed E-state index contributed by atoms with van der Waals surface area (Å²) in [6, 6.07) is 11.6. The summed E-state index contributed by atoms with van der Waals surface area (Å²) in [7, 11) is 1.92. The number of hydrazine groups is 2. The number of aromatic nitrogens is 5. The second-order valence-corrected chi connectivity index (χ2v) is 6.40. The molecule has 0 fully saturated rings. The average Bonchev–Trinajstić information content (AvgIpc) is 3.32.